The Bertz CT molecular complexity index is 358. The molecule has 0 aliphatic carbocycles. The lowest BCUT2D eigenvalue weighted by molar-refractivity contribution is -0.130. The van der Waals surface area contributed by atoms with Crippen LogP contribution in [0.4, 0.5) is 4.79 Å². The van der Waals surface area contributed by atoms with Gasteiger partial charge in [-0.15, -0.1) is 0 Å². The van der Waals surface area contributed by atoms with E-state index in [1.807, 2.05) is 13.8 Å². The van der Waals surface area contributed by atoms with Gasteiger partial charge >= 0.3 is 6.03 Å². The van der Waals surface area contributed by atoms with Crippen molar-refractivity contribution in [2.75, 3.05) is 19.6 Å². The lowest BCUT2D eigenvalue weighted by atomic mass is 10.3. The molecule has 1 aromatic rings. The zero-order valence-corrected chi connectivity index (χ0v) is 10.2. The zero-order valence-electron chi connectivity index (χ0n) is 10.2. The van der Waals surface area contributed by atoms with Gasteiger partial charge in [-0.3, -0.25) is 9.36 Å². The Labute approximate surface area is 101 Å². The Morgan fingerprint density at radius 3 is 2.59 bits per heavy atom. The predicted octanol–water partition coefficient (Wildman–Crippen LogP) is 0.699. The molecule has 1 rings (SSSR count). The van der Waals surface area contributed by atoms with Crippen LogP contribution in [0.15, 0.2) is 18.7 Å². The number of nitrogens with one attached hydrogen (secondary N) is 1. The van der Waals surface area contributed by atoms with E-state index in [-0.39, 0.29) is 11.9 Å². The van der Waals surface area contributed by atoms with Crippen molar-refractivity contribution in [3.63, 3.8) is 0 Å². The summed E-state index contributed by atoms with van der Waals surface area (Å²) in [5, 5.41) is 2.66. The number of carbonyl (C=O) groups is 2. The van der Waals surface area contributed by atoms with E-state index < -0.39 is 0 Å². The molecule has 94 valence electrons. The monoisotopic (exact) mass is 238 g/mol. The van der Waals surface area contributed by atoms with E-state index in [1.54, 1.807) is 11.1 Å². The van der Waals surface area contributed by atoms with Crippen LogP contribution in [0.3, 0.4) is 0 Å². The highest BCUT2D eigenvalue weighted by atomic mass is 16.2. The van der Waals surface area contributed by atoms with E-state index in [0.717, 1.165) is 0 Å². The van der Waals surface area contributed by atoms with Crippen LogP contribution in [-0.4, -0.2) is 46.0 Å². The first-order valence-electron chi connectivity index (χ1n) is 5.73. The van der Waals surface area contributed by atoms with E-state index in [4.69, 9.17) is 0 Å². The standard InChI is InChI=1S/C11H18N4O2/c1-3-14(4-2)10(16)5-6-13-11(17)15-8-7-12-9-15/h7-9H,3-6H2,1-2H3,(H,13,17). The van der Waals surface area contributed by atoms with Crippen LogP contribution in [0, 0.1) is 0 Å². The summed E-state index contributed by atoms with van der Waals surface area (Å²) < 4.78 is 1.34. The van der Waals surface area contributed by atoms with Gasteiger partial charge < -0.3 is 10.2 Å². The number of carbonyl (C=O) groups excluding carboxylic acids is 2. The van der Waals surface area contributed by atoms with Crippen LogP contribution in [0.25, 0.3) is 0 Å². The van der Waals surface area contributed by atoms with Crippen molar-refractivity contribution in [2.45, 2.75) is 20.3 Å². The minimum absolute atomic E-state index is 0.0564. The van der Waals surface area contributed by atoms with Gasteiger partial charge in [-0.1, -0.05) is 0 Å². The summed E-state index contributed by atoms with van der Waals surface area (Å²) in [5.74, 6) is 0.0564. The molecule has 0 aliphatic rings. The highest BCUT2D eigenvalue weighted by Gasteiger charge is 2.09. The average molecular weight is 238 g/mol. The highest BCUT2D eigenvalue weighted by molar-refractivity contribution is 5.79. The zero-order chi connectivity index (χ0) is 12.7. The Hall–Kier alpha value is -1.85. The molecule has 0 aromatic carbocycles. The number of hydrogen-bond acceptors (Lipinski definition) is 3. The number of hydrogen-bond donors (Lipinski definition) is 1. The molecule has 0 radical (unpaired) electrons. The first-order valence-corrected chi connectivity index (χ1v) is 5.73. The molecule has 0 bridgehead atoms. The van der Waals surface area contributed by atoms with Crippen molar-refractivity contribution in [1.82, 2.24) is 19.8 Å². The molecule has 17 heavy (non-hydrogen) atoms. The van der Waals surface area contributed by atoms with Crippen molar-refractivity contribution >= 4 is 11.9 Å². The normalized spacial score (nSPS) is 10.0. The Balaban J connectivity index is 2.28. The van der Waals surface area contributed by atoms with Crippen LogP contribution in [0.2, 0.25) is 0 Å². The fourth-order valence-corrected chi connectivity index (χ4v) is 1.48. The first kappa shape index (κ1) is 13.2. The molecule has 0 atom stereocenters. The Morgan fingerprint density at radius 2 is 2.06 bits per heavy atom. The number of rotatable bonds is 5. The molecule has 0 saturated heterocycles. The van der Waals surface area contributed by atoms with Gasteiger partial charge in [-0.2, -0.15) is 0 Å². The van der Waals surface area contributed by atoms with E-state index in [1.165, 1.54) is 17.1 Å². The Kier molecular flexibility index (Phi) is 5.19. The van der Waals surface area contributed by atoms with E-state index in [9.17, 15) is 9.59 Å². The maximum Gasteiger partial charge on any atom is 0.326 e. The van der Waals surface area contributed by atoms with E-state index in [2.05, 4.69) is 10.3 Å². The van der Waals surface area contributed by atoms with Gasteiger partial charge in [0.25, 0.3) is 0 Å². The SMILES string of the molecule is CCN(CC)C(=O)CCNC(=O)n1ccnc1. The number of amides is 2. The van der Waals surface area contributed by atoms with Gasteiger partial charge in [0.2, 0.25) is 5.91 Å². The van der Waals surface area contributed by atoms with Crippen LogP contribution in [-0.2, 0) is 4.79 Å². The van der Waals surface area contributed by atoms with Gasteiger partial charge in [-0.25, -0.2) is 9.78 Å². The maximum absolute atomic E-state index is 11.6. The summed E-state index contributed by atoms with van der Waals surface area (Å²) in [6, 6.07) is -0.269. The molecule has 1 N–H and O–H groups in total. The van der Waals surface area contributed by atoms with Gasteiger partial charge in [0.1, 0.15) is 6.33 Å². The van der Waals surface area contributed by atoms with Crippen molar-refractivity contribution in [3.05, 3.63) is 18.7 Å². The summed E-state index contributed by atoms with van der Waals surface area (Å²) in [4.78, 5) is 28.6. The summed E-state index contributed by atoms with van der Waals surface area (Å²) in [6.07, 6.45) is 4.83. The average Bonchev–Trinajstić information content (AvgIpc) is 2.84. The fourth-order valence-electron chi connectivity index (χ4n) is 1.48. The molecule has 1 aromatic heterocycles. The second kappa shape index (κ2) is 6.67. The number of imidazole rings is 1. The molecular weight excluding hydrogens is 220 g/mol. The van der Waals surface area contributed by atoms with Crippen LogP contribution >= 0.6 is 0 Å². The molecule has 0 spiro atoms. The van der Waals surface area contributed by atoms with Gasteiger partial charge in [0.15, 0.2) is 0 Å². The van der Waals surface area contributed by atoms with E-state index >= 15 is 0 Å². The van der Waals surface area contributed by atoms with E-state index in [0.29, 0.717) is 26.1 Å². The van der Waals surface area contributed by atoms with Gasteiger partial charge in [0, 0.05) is 38.4 Å². The molecule has 6 heteroatoms. The summed E-state index contributed by atoms with van der Waals surface area (Å²) in [5.41, 5.74) is 0. The molecule has 2 amide bonds. The lowest BCUT2D eigenvalue weighted by Crippen LogP contribution is -2.35. The van der Waals surface area contributed by atoms with Crippen LogP contribution in [0.1, 0.15) is 20.3 Å². The fraction of sp³-hybridized carbons (Fsp3) is 0.545. The third-order valence-electron chi connectivity index (χ3n) is 2.47. The lowest BCUT2D eigenvalue weighted by Gasteiger charge is -2.18. The maximum atomic E-state index is 11.6. The third kappa shape index (κ3) is 3.90. The quantitative estimate of drug-likeness (QED) is 0.821. The molecule has 6 nitrogen and oxygen atoms in total. The van der Waals surface area contributed by atoms with Crippen molar-refractivity contribution in [1.29, 1.82) is 0 Å². The molecule has 1 heterocycles. The molecule has 0 fully saturated rings. The largest absolute Gasteiger partial charge is 0.343 e. The summed E-state index contributed by atoms with van der Waals surface area (Å²) in [7, 11) is 0. The second-order valence-corrected chi connectivity index (χ2v) is 3.52. The topological polar surface area (TPSA) is 67.2 Å². The minimum Gasteiger partial charge on any atom is -0.343 e. The van der Waals surface area contributed by atoms with Crippen molar-refractivity contribution < 1.29 is 9.59 Å². The highest BCUT2D eigenvalue weighted by Crippen LogP contribution is 1.93. The summed E-state index contributed by atoms with van der Waals surface area (Å²) in [6.45, 7) is 5.61. The second-order valence-electron chi connectivity index (χ2n) is 3.52. The molecule has 0 unspecified atom stereocenters. The molecule has 0 aliphatic heterocycles. The third-order valence-corrected chi connectivity index (χ3v) is 2.47. The number of nitrogens with zero attached hydrogens (tertiary/aromatic N) is 3. The predicted molar refractivity (Wildman–Crippen MR) is 63.6 cm³/mol. The Morgan fingerprint density at radius 1 is 1.35 bits per heavy atom. The van der Waals surface area contributed by atoms with Gasteiger partial charge in [-0.05, 0) is 13.8 Å². The number of aromatic nitrogens is 2. The van der Waals surface area contributed by atoms with Crippen molar-refractivity contribution in [3.8, 4) is 0 Å². The summed E-state index contributed by atoms with van der Waals surface area (Å²) >= 11 is 0. The molecule has 0 saturated carbocycles. The van der Waals surface area contributed by atoms with Gasteiger partial charge in [0.05, 0.1) is 0 Å². The van der Waals surface area contributed by atoms with Crippen molar-refractivity contribution in [2.24, 2.45) is 0 Å². The van der Waals surface area contributed by atoms with Crippen LogP contribution in [0.5, 0.6) is 0 Å². The first-order chi connectivity index (χ1) is 8.19. The smallest absolute Gasteiger partial charge is 0.326 e. The van der Waals surface area contributed by atoms with Crippen LogP contribution < -0.4 is 5.32 Å². The minimum atomic E-state index is -0.269. The molecular formula is C11H18N4O2.